The van der Waals surface area contributed by atoms with E-state index in [4.69, 9.17) is 0 Å². The Morgan fingerprint density at radius 1 is 1.17 bits per heavy atom. The van der Waals surface area contributed by atoms with E-state index in [-0.39, 0.29) is 17.2 Å². The molecule has 0 bridgehead atoms. The zero-order valence-corrected chi connectivity index (χ0v) is 11.9. The molecule has 92 valence electrons. The summed E-state index contributed by atoms with van der Waals surface area (Å²) < 4.78 is 1.09. The Kier molecular flexibility index (Phi) is 3.86. The molecule has 0 heterocycles. The van der Waals surface area contributed by atoms with Gasteiger partial charge in [-0.3, -0.25) is 4.79 Å². The predicted molar refractivity (Wildman–Crippen MR) is 80.0 cm³/mol. The summed E-state index contributed by atoms with van der Waals surface area (Å²) in [5, 5.41) is 12.4. The van der Waals surface area contributed by atoms with Crippen molar-refractivity contribution >= 4 is 34.2 Å². The summed E-state index contributed by atoms with van der Waals surface area (Å²) in [7, 11) is 0. The van der Waals surface area contributed by atoms with Crippen molar-refractivity contribution in [3.63, 3.8) is 0 Å². The van der Waals surface area contributed by atoms with Crippen LogP contribution in [0.4, 0.5) is 5.69 Å². The molecule has 0 unspecified atom stereocenters. The Hall–Kier alpha value is -1.56. The van der Waals surface area contributed by atoms with Crippen LogP contribution in [0.2, 0.25) is 0 Å². The van der Waals surface area contributed by atoms with Gasteiger partial charge >= 0.3 is 0 Å². The summed E-state index contributed by atoms with van der Waals surface area (Å²) in [6, 6.07) is 12.2. The van der Waals surface area contributed by atoms with Crippen molar-refractivity contribution in [2.45, 2.75) is 6.92 Å². The number of carbonyl (C=O) groups is 1. The lowest BCUT2D eigenvalue weighted by Crippen LogP contribution is -2.13. The first-order valence-corrected chi connectivity index (χ1v) is 6.52. The van der Waals surface area contributed by atoms with Crippen molar-refractivity contribution in [2.24, 2.45) is 0 Å². The number of carbonyl (C=O) groups excluding carboxylic acids is 1. The zero-order valence-electron chi connectivity index (χ0n) is 9.77. The number of phenols is 1. The van der Waals surface area contributed by atoms with Crippen LogP contribution < -0.4 is 5.32 Å². The molecule has 0 aliphatic heterocycles. The first-order valence-electron chi connectivity index (χ1n) is 5.44. The molecule has 0 aliphatic rings. The van der Waals surface area contributed by atoms with Crippen LogP contribution in [0.25, 0.3) is 0 Å². The topological polar surface area (TPSA) is 49.3 Å². The smallest absolute Gasteiger partial charge is 0.259 e. The SMILES string of the molecule is Cc1c(I)cccc1NC(=O)c1ccccc1O. The molecule has 18 heavy (non-hydrogen) atoms. The van der Waals surface area contributed by atoms with E-state index in [0.717, 1.165) is 14.8 Å². The van der Waals surface area contributed by atoms with Crippen LogP contribution in [0, 0.1) is 10.5 Å². The quantitative estimate of drug-likeness (QED) is 0.812. The Balaban J connectivity index is 2.27. The van der Waals surface area contributed by atoms with Crippen molar-refractivity contribution < 1.29 is 9.90 Å². The van der Waals surface area contributed by atoms with Gasteiger partial charge in [-0.25, -0.2) is 0 Å². The molecule has 0 saturated carbocycles. The van der Waals surface area contributed by atoms with Gasteiger partial charge in [-0.15, -0.1) is 0 Å². The number of nitrogens with one attached hydrogen (secondary N) is 1. The average molecular weight is 353 g/mol. The molecule has 1 amide bonds. The van der Waals surface area contributed by atoms with Crippen molar-refractivity contribution in [3.8, 4) is 5.75 Å². The number of benzene rings is 2. The van der Waals surface area contributed by atoms with E-state index >= 15 is 0 Å². The third-order valence-electron chi connectivity index (χ3n) is 2.66. The molecule has 4 heteroatoms. The van der Waals surface area contributed by atoms with E-state index in [0.29, 0.717) is 0 Å². The number of halogens is 1. The molecule has 2 rings (SSSR count). The minimum absolute atomic E-state index is 0.0155. The van der Waals surface area contributed by atoms with E-state index in [2.05, 4.69) is 27.9 Å². The van der Waals surface area contributed by atoms with Crippen molar-refractivity contribution in [1.29, 1.82) is 0 Å². The van der Waals surface area contributed by atoms with E-state index in [9.17, 15) is 9.90 Å². The van der Waals surface area contributed by atoms with E-state index in [1.54, 1.807) is 18.2 Å². The molecule has 0 atom stereocenters. The van der Waals surface area contributed by atoms with E-state index < -0.39 is 0 Å². The Morgan fingerprint density at radius 2 is 1.89 bits per heavy atom. The van der Waals surface area contributed by atoms with Crippen LogP contribution in [0.1, 0.15) is 15.9 Å². The monoisotopic (exact) mass is 353 g/mol. The maximum Gasteiger partial charge on any atom is 0.259 e. The molecule has 0 saturated heterocycles. The Labute approximate surface area is 119 Å². The van der Waals surface area contributed by atoms with Crippen molar-refractivity contribution in [2.75, 3.05) is 5.32 Å². The van der Waals surface area contributed by atoms with Gasteiger partial charge in [-0.1, -0.05) is 18.2 Å². The first-order chi connectivity index (χ1) is 8.59. The molecule has 2 aromatic rings. The summed E-state index contributed by atoms with van der Waals surface area (Å²) in [5.41, 5.74) is 2.05. The van der Waals surface area contributed by atoms with Gasteiger partial charge in [-0.05, 0) is 59.3 Å². The fourth-order valence-corrected chi connectivity index (χ4v) is 2.10. The summed E-state index contributed by atoms with van der Waals surface area (Å²) in [6.07, 6.45) is 0. The molecule has 0 aromatic heterocycles. The largest absolute Gasteiger partial charge is 0.507 e. The van der Waals surface area contributed by atoms with Gasteiger partial charge in [0.05, 0.1) is 5.56 Å². The van der Waals surface area contributed by atoms with Crippen LogP contribution in [0.3, 0.4) is 0 Å². The lowest BCUT2D eigenvalue weighted by Gasteiger charge is -2.10. The Bertz CT molecular complexity index is 596. The zero-order chi connectivity index (χ0) is 13.1. The highest BCUT2D eigenvalue weighted by atomic mass is 127. The molecular weight excluding hydrogens is 341 g/mol. The van der Waals surface area contributed by atoms with Gasteiger partial charge in [0, 0.05) is 9.26 Å². The molecule has 2 N–H and O–H groups in total. The molecule has 0 radical (unpaired) electrons. The minimum Gasteiger partial charge on any atom is -0.507 e. The third kappa shape index (κ3) is 2.64. The lowest BCUT2D eigenvalue weighted by molar-refractivity contribution is 0.102. The van der Waals surface area contributed by atoms with Gasteiger partial charge < -0.3 is 10.4 Å². The predicted octanol–water partition coefficient (Wildman–Crippen LogP) is 3.56. The van der Waals surface area contributed by atoms with Gasteiger partial charge in [-0.2, -0.15) is 0 Å². The number of rotatable bonds is 2. The molecule has 2 aromatic carbocycles. The molecule has 0 fully saturated rings. The lowest BCUT2D eigenvalue weighted by atomic mass is 10.1. The second-order valence-electron chi connectivity index (χ2n) is 3.88. The fraction of sp³-hybridized carbons (Fsp3) is 0.0714. The van der Waals surface area contributed by atoms with Crippen LogP contribution >= 0.6 is 22.6 Å². The highest BCUT2D eigenvalue weighted by Crippen LogP contribution is 2.22. The van der Waals surface area contributed by atoms with Gasteiger partial charge in [0.2, 0.25) is 0 Å². The van der Waals surface area contributed by atoms with Crippen LogP contribution in [0.5, 0.6) is 5.75 Å². The molecule has 0 spiro atoms. The highest BCUT2D eigenvalue weighted by Gasteiger charge is 2.11. The second kappa shape index (κ2) is 5.39. The number of para-hydroxylation sites is 1. The molecular formula is C14H12INO2. The van der Waals surface area contributed by atoms with Crippen molar-refractivity contribution in [3.05, 3.63) is 57.2 Å². The summed E-state index contributed by atoms with van der Waals surface area (Å²) in [4.78, 5) is 12.0. The van der Waals surface area contributed by atoms with Crippen LogP contribution in [-0.2, 0) is 0 Å². The number of phenolic OH excluding ortho intramolecular Hbond substituents is 1. The van der Waals surface area contributed by atoms with E-state index in [1.807, 2.05) is 25.1 Å². The average Bonchev–Trinajstić information content (AvgIpc) is 2.35. The summed E-state index contributed by atoms with van der Waals surface area (Å²) >= 11 is 2.22. The van der Waals surface area contributed by atoms with Crippen LogP contribution in [-0.4, -0.2) is 11.0 Å². The Morgan fingerprint density at radius 3 is 2.61 bits per heavy atom. The standard InChI is InChI=1S/C14H12INO2/c1-9-11(15)6-4-7-12(9)16-14(18)10-5-2-3-8-13(10)17/h2-8,17H,1H3,(H,16,18). The third-order valence-corrected chi connectivity index (χ3v) is 3.83. The summed E-state index contributed by atoms with van der Waals surface area (Å²) in [6.45, 7) is 1.95. The van der Waals surface area contributed by atoms with E-state index in [1.165, 1.54) is 6.07 Å². The second-order valence-corrected chi connectivity index (χ2v) is 5.05. The maximum atomic E-state index is 12.0. The normalized spacial score (nSPS) is 10.1. The number of hydrogen-bond donors (Lipinski definition) is 2. The fourth-order valence-electron chi connectivity index (χ4n) is 1.60. The molecule has 0 aliphatic carbocycles. The van der Waals surface area contributed by atoms with Gasteiger partial charge in [0.15, 0.2) is 0 Å². The number of amides is 1. The number of anilines is 1. The van der Waals surface area contributed by atoms with Crippen LogP contribution in [0.15, 0.2) is 42.5 Å². The molecule has 3 nitrogen and oxygen atoms in total. The van der Waals surface area contributed by atoms with Crippen molar-refractivity contribution in [1.82, 2.24) is 0 Å². The highest BCUT2D eigenvalue weighted by molar-refractivity contribution is 14.1. The minimum atomic E-state index is -0.307. The maximum absolute atomic E-state index is 12.0. The number of hydrogen-bond acceptors (Lipinski definition) is 2. The number of aromatic hydroxyl groups is 1. The van der Waals surface area contributed by atoms with Gasteiger partial charge in [0.1, 0.15) is 5.75 Å². The summed E-state index contributed by atoms with van der Waals surface area (Å²) in [5.74, 6) is -0.323. The van der Waals surface area contributed by atoms with Gasteiger partial charge in [0.25, 0.3) is 5.91 Å². The first kappa shape index (κ1) is 12.9.